The second-order valence-electron chi connectivity index (χ2n) is 9.10. The van der Waals surface area contributed by atoms with Crippen molar-refractivity contribution < 1.29 is 19.1 Å². The highest BCUT2D eigenvalue weighted by Gasteiger charge is 2.75. The lowest BCUT2D eigenvalue weighted by Gasteiger charge is -2.37. The van der Waals surface area contributed by atoms with Crippen LogP contribution in [0.1, 0.15) is 18.4 Å². The second kappa shape index (κ2) is 7.02. The van der Waals surface area contributed by atoms with E-state index >= 15 is 0 Å². The van der Waals surface area contributed by atoms with Crippen LogP contribution in [0.3, 0.4) is 0 Å². The Morgan fingerprint density at radius 2 is 1.85 bits per heavy atom. The summed E-state index contributed by atoms with van der Waals surface area (Å²) in [5, 5.41) is 0. The molecule has 2 aromatic rings. The van der Waals surface area contributed by atoms with E-state index < -0.39 is 17.4 Å². The van der Waals surface area contributed by atoms with Crippen LogP contribution in [0.25, 0.3) is 0 Å². The van der Waals surface area contributed by atoms with Crippen LogP contribution in [0.15, 0.2) is 61.2 Å². The summed E-state index contributed by atoms with van der Waals surface area (Å²) in [6, 6.07) is 14.5. The molecule has 3 saturated heterocycles. The number of hydrogen-bond donors (Lipinski definition) is 0. The van der Waals surface area contributed by atoms with Crippen molar-refractivity contribution in [2.24, 2.45) is 11.8 Å². The van der Waals surface area contributed by atoms with E-state index in [2.05, 4.69) is 11.5 Å². The fourth-order valence-corrected chi connectivity index (χ4v) is 6.64. The summed E-state index contributed by atoms with van der Waals surface area (Å²) in [6.45, 7) is 4.88. The number of anilines is 2. The molecule has 4 heterocycles. The van der Waals surface area contributed by atoms with Gasteiger partial charge < -0.3 is 9.64 Å². The van der Waals surface area contributed by atoms with E-state index in [0.717, 1.165) is 24.1 Å². The summed E-state index contributed by atoms with van der Waals surface area (Å²) >= 11 is 0. The average Bonchev–Trinajstić information content (AvgIpc) is 3.53. The van der Waals surface area contributed by atoms with Gasteiger partial charge >= 0.3 is 0 Å². The molecule has 168 valence electrons. The van der Waals surface area contributed by atoms with Crippen LogP contribution in [0.4, 0.5) is 11.4 Å². The lowest BCUT2D eigenvalue weighted by Crippen LogP contribution is -2.56. The minimum Gasteiger partial charge on any atom is -0.497 e. The third-order valence-electron chi connectivity index (χ3n) is 7.79. The predicted octanol–water partition coefficient (Wildman–Crippen LogP) is 2.71. The van der Waals surface area contributed by atoms with Gasteiger partial charge in [0.1, 0.15) is 11.3 Å². The zero-order chi connectivity index (χ0) is 22.9. The first-order valence-corrected chi connectivity index (χ1v) is 11.4. The molecule has 0 aliphatic carbocycles. The number of rotatable bonds is 4. The number of carbonyl (C=O) groups is 3. The quantitative estimate of drug-likeness (QED) is 0.537. The molecule has 2 aromatic carbocycles. The maximum Gasteiger partial charge on any atom is 0.253 e. The van der Waals surface area contributed by atoms with E-state index in [9.17, 15) is 14.4 Å². The van der Waals surface area contributed by atoms with Crippen molar-refractivity contribution in [2.45, 2.75) is 24.4 Å². The van der Waals surface area contributed by atoms with Crippen molar-refractivity contribution in [1.29, 1.82) is 0 Å². The molecular weight excluding hydrogens is 418 g/mol. The second-order valence-corrected chi connectivity index (χ2v) is 9.10. The molecule has 7 nitrogen and oxygen atoms in total. The van der Waals surface area contributed by atoms with Gasteiger partial charge in [-0.05, 0) is 49.7 Å². The number of imide groups is 1. The van der Waals surface area contributed by atoms with Gasteiger partial charge in [0, 0.05) is 23.8 Å². The summed E-state index contributed by atoms with van der Waals surface area (Å²) in [7, 11) is 1.57. The number of ether oxygens (including phenoxy) is 1. The molecular formula is C26H25N3O4. The molecule has 6 rings (SSSR count). The number of hydrogen-bond acceptors (Lipinski definition) is 5. The summed E-state index contributed by atoms with van der Waals surface area (Å²) < 4.78 is 5.23. The lowest BCUT2D eigenvalue weighted by atomic mass is 9.75. The van der Waals surface area contributed by atoms with E-state index in [0.29, 0.717) is 24.5 Å². The Bertz CT molecular complexity index is 1190. The predicted molar refractivity (Wildman–Crippen MR) is 123 cm³/mol. The molecule has 4 atom stereocenters. The third-order valence-corrected chi connectivity index (χ3v) is 7.79. The van der Waals surface area contributed by atoms with Gasteiger partial charge in [-0.1, -0.05) is 24.3 Å². The highest BCUT2D eigenvalue weighted by atomic mass is 16.5. The average molecular weight is 444 g/mol. The van der Waals surface area contributed by atoms with Crippen molar-refractivity contribution in [3.05, 3.63) is 66.7 Å². The van der Waals surface area contributed by atoms with E-state index in [1.54, 1.807) is 42.4 Å². The van der Waals surface area contributed by atoms with Gasteiger partial charge in [0.05, 0.1) is 24.6 Å². The Morgan fingerprint density at radius 3 is 2.58 bits per heavy atom. The SMILES string of the molecule is C=CCN1C(=O)[C@@]2(c3ccccc31)[C@@H]1C(=O)N(c3ccc(OC)cc3)C(=O)[C@@H]1[C@H]1CCCN12. The third kappa shape index (κ3) is 2.35. The summed E-state index contributed by atoms with van der Waals surface area (Å²) in [5.41, 5.74) is 0.992. The van der Waals surface area contributed by atoms with E-state index in [4.69, 9.17) is 4.74 Å². The number of methoxy groups -OCH3 is 1. The zero-order valence-corrected chi connectivity index (χ0v) is 18.4. The van der Waals surface area contributed by atoms with Crippen LogP contribution in [0.5, 0.6) is 5.75 Å². The lowest BCUT2D eigenvalue weighted by molar-refractivity contribution is -0.137. The number of para-hydroxylation sites is 1. The first kappa shape index (κ1) is 20.2. The molecule has 0 aromatic heterocycles. The Hall–Kier alpha value is -3.45. The molecule has 7 heteroatoms. The van der Waals surface area contributed by atoms with E-state index in [1.165, 1.54) is 4.90 Å². The number of benzene rings is 2. The number of nitrogens with zero attached hydrogens (tertiary/aromatic N) is 3. The maximum absolute atomic E-state index is 14.2. The highest BCUT2D eigenvalue weighted by Crippen LogP contribution is 2.61. The summed E-state index contributed by atoms with van der Waals surface area (Å²) in [5.74, 6) is -1.27. The van der Waals surface area contributed by atoms with Gasteiger partial charge in [-0.25, -0.2) is 4.90 Å². The number of amides is 3. The molecule has 33 heavy (non-hydrogen) atoms. The standard InChI is InChI=1S/C26H25N3O4/c1-3-14-27-19-8-5-4-7-18(19)26(25(27)32)22-21(20-9-6-15-28(20)26)23(30)29(24(22)31)16-10-12-17(33-2)13-11-16/h3-5,7-8,10-13,20-22H,1,6,9,14-15H2,2H3/t20-,21-,22+,26-/m1/s1. The fourth-order valence-electron chi connectivity index (χ4n) is 6.64. The molecule has 0 bridgehead atoms. The van der Waals surface area contributed by atoms with Gasteiger partial charge in [-0.3, -0.25) is 19.3 Å². The molecule has 1 spiro atoms. The monoisotopic (exact) mass is 443 g/mol. The Balaban J connectivity index is 1.53. The van der Waals surface area contributed by atoms with Crippen LogP contribution in [0.2, 0.25) is 0 Å². The highest BCUT2D eigenvalue weighted by molar-refractivity contribution is 6.26. The van der Waals surface area contributed by atoms with Gasteiger partial charge in [-0.15, -0.1) is 6.58 Å². The van der Waals surface area contributed by atoms with Gasteiger partial charge in [0.2, 0.25) is 11.8 Å². The molecule has 0 N–H and O–H groups in total. The largest absolute Gasteiger partial charge is 0.497 e. The van der Waals surface area contributed by atoms with Crippen molar-refractivity contribution in [3.63, 3.8) is 0 Å². The smallest absolute Gasteiger partial charge is 0.253 e. The Labute approximate surface area is 192 Å². The first-order chi connectivity index (χ1) is 16.1. The maximum atomic E-state index is 14.2. The van der Waals surface area contributed by atoms with Crippen LogP contribution in [-0.2, 0) is 19.9 Å². The van der Waals surface area contributed by atoms with E-state index in [-0.39, 0.29) is 23.8 Å². The minimum absolute atomic E-state index is 0.124. The normalized spacial score (nSPS) is 30.2. The molecule has 0 unspecified atom stereocenters. The molecule has 3 amide bonds. The zero-order valence-electron chi connectivity index (χ0n) is 18.4. The van der Waals surface area contributed by atoms with E-state index in [1.807, 2.05) is 24.3 Å². The topological polar surface area (TPSA) is 70.2 Å². The van der Waals surface area contributed by atoms with Crippen LogP contribution < -0.4 is 14.5 Å². The summed E-state index contributed by atoms with van der Waals surface area (Å²) in [6.07, 6.45) is 3.40. The van der Waals surface area contributed by atoms with Crippen molar-refractivity contribution in [2.75, 3.05) is 30.0 Å². The van der Waals surface area contributed by atoms with Crippen molar-refractivity contribution >= 4 is 29.1 Å². The molecule has 0 radical (unpaired) electrons. The van der Waals surface area contributed by atoms with Crippen LogP contribution in [0, 0.1) is 11.8 Å². The molecule has 3 fully saturated rings. The van der Waals surface area contributed by atoms with Gasteiger partial charge in [-0.2, -0.15) is 0 Å². The van der Waals surface area contributed by atoms with Crippen LogP contribution >= 0.6 is 0 Å². The Morgan fingerprint density at radius 1 is 1.09 bits per heavy atom. The molecule has 0 saturated carbocycles. The number of carbonyl (C=O) groups excluding carboxylic acids is 3. The van der Waals surface area contributed by atoms with Gasteiger partial charge in [0.15, 0.2) is 0 Å². The Kier molecular flexibility index (Phi) is 4.29. The van der Waals surface area contributed by atoms with Gasteiger partial charge in [0.25, 0.3) is 5.91 Å². The first-order valence-electron chi connectivity index (χ1n) is 11.4. The number of fused-ring (bicyclic) bond motifs is 7. The van der Waals surface area contributed by atoms with Crippen molar-refractivity contribution in [1.82, 2.24) is 4.90 Å². The van der Waals surface area contributed by atoms with Crippen molar-refractivity contribution in [3.8, 4) is 5.75 Å². The minimum atomic E-state index is -1.15. The van der Waals surface area contributed by atoms with Crippen LogP contribution in [-0.4, -0.2) is 48.9 Å². The molecule has 4 aliphatic heterocycles. The molecule has 4 aliphatic rings. The summed E-state index contributed by atoms with van der Waals surface area (Å²) in [4.78, 5) is 47.1. The fraction of sp³-hybridized carbons (Fsp3) is 0.346.